The molecular formula is C16H27NO3. The molecule has 1 N–H and O–H groups in total. The van der Waals surface area contributed by atoms with Crippen molar-refractivity contribution in [1.82, 2.24) is 5.32 Å². The molecule has 0 fully saturated rings. The third kappa shape index (κ3) is 6.37. The third-order valence-corrected chi connectivity index (χ3v) is 2.93. The lowest BCUT2D eigenvalue weighted by molar-refractivity contribution is 0.0446. The molecule has 0 heterocycles. The molecule has 0 aliphatic rings. The van der Waals surface area contributed by atoms with Gasteiger partial charge in [0.05, 0.1) is 26.9 Å². The Morgan fingerprint density at radius 3 is 2.60 bits per heavy atom. The summed E-state index contributed by atoms with van der Waals surface area (Å²) in [6.45, 7) is 8.58. The van der Waals surface area contributed by atoms with Crippen LogP contribution in [0.25, 0.3) is 0 Å². The molecule has 0 aromatic heterocycles. The standard InChI is InChI=1S/C16H27NO3/c1-4-8-17-12-14-6-7-16(18-3)15(11-14)13-20-10-9-19-5-2/h6-7,11,17H,4-5,8-10,12-13H2,1-3H3. The van der Waals surface area contributed by atoms with E-state index in [1.54, 1.807) is 7.11 Å². The van der Waals surface area contributed by atoms with Crippen molar-refractivity contribution in [2.45, 2.75) is 33.4 Å². The van der Waals surface area contributed by atoms with Gasteiger partial charge in [-0.05, 0) is 37.6 Å². The van der Waals surface area contributed by atoms with Gasteiger partial charge in [0.15, 0.2) is 0 Å². The van der Waals surface area contributed by atoms with E-state index in [4.69, 9.17) is 14.2 Å². The van der Waals surface area contributed by atoms with Crippen molar-refractivity contribution in [3.05, 3.63) is 29.3 Å². The maximum absolute atomic E-state index is 5.62. The van der Waals surface area contributed by atoms with Crippen molar-refractivity contribution in [2.24, 2.45) is 0 Å². The van der Waals surface area contributed by atoms with Crippen LogP contribution < -0.4 is 10.1 Å². The van der Waals surface area contributed by atoms with Crippen LogP contribution in [0, 0.1) is 0 Å². The Morgan fingerprint density at radius 1 is 1.10 bits per heavy atom. The topological polar surface area (TPSA) is 39.7 Å². The zero-order valence-corrected chi connectivity index (χ0v) is 12.9. The molecule has 20 heavy (non-hydrogen) atoms. The highest BCUT2D eigenvalue weighted by Crippen LogP contribution is 2.20. The predicted octanol–water partition coefficient (Wildman–Crippen LogP) is 2.75. The molecule has 0 aliphatic heterocycles. The lowest BCUT2D eigenvalue weighted by Gasteiger charge is -2.12. The van der Waals surface area contributed by atoms with Crippen LogP contribution in [0.2, 0.25) is 0 Å². The zero-order valence-electron chi connectivity index (χ0n) is 12.9. The second-order valence-electron chi connectivity index (χ2n) is 4.57. The lowest BCUT2D eigenvalue weighted by atomic mass is 10.1. The summed E-state index contributed by atoms with van der Waals surface area (Å²) in [5.74, 6) is 0.876. The number of benzene rings is 1. The Hall–Kier alpha value is -1.10. The summed E-state index contributed by atoms with van der Waals surface area (Å²) in [5.41, 5.74) is 2.34. The molecular weight excluding hydrogens is 254 g/mol. The summed E-state index contributed by atoms with van der Waals surface area (Å²) in [6, 6.07) is 6.23. The Bertz CT molecular complexity index is 369. The van der Waals surface area contributed by atoms with Crippen molar-refractivity contribution < 1.29 is 14.2 Å². The second kappa shape index (κ2) is 10.7. The van der Waals surface area contributed by atoms with Crippen molar-refractivity contribution in [3.8, 4) is 5.75 Å². The van der Waals surface area contributed by atoms with Crippen molar-refractivity contribution in [1.29, 1.82) is 0 Å². The predicted molar refractivity (Wildman–Crippen MR) is 81.1 cm³/mol. The van der Waals surface area contributed by atoms with Crippen LogP contribution in [-0.4, -0.2) is 33.5 Å². The third-order valence-electron chi connectivity index (χ3n) is 2.93. The van der Waals surface area contributed by atoms with Crippen LogP contribution in [0.5, 0.6) is 5.75 Å². The van der Waals surface area contributed by atoms with Gasteiger partial charge in [-0.1, -0.05) is 13.0 Å². The monoisotopic (exact) mass is 281 g/mol. The van der Waals surface area contributed by atoms with E-state index in [2.05, 4.69) is 24.4 Å². The largest absolute Gasteiger partial charge is 0.496 e. The first-order valence-electron chi connectivity index (χ1n) is 7.33. The van der Waals surface area contributed by atoms with Gasteiger partial charge in [-0.15, -0.1) is 0 Å². The van der Waals surface area contributed by atoms with Gasteiger partial charge in [0.25, 0.3) is 0 Å². The quantitative estimate of drug-likeness (QED) is 0.633. The van der Waals surface area contributed by atoms with E-state index in [0.717, 1.165) is 37.4 Å². The highest BCUT2D eigenvalue weighted by Gasteiger charge is 2.05. The minimum atomic E-state index is 0.553. The normalized spacial score (nSPS) is 10.8. The summed E-state index contributed by atoms with van der Waals surface area (Å²) in [4.78, 5) is 0. The minimum Gasteiger partial charge on any atom is -0.496 e. The molecule has 1 rings (SSSR count). The summed E-state index contributed by atoms with van der Waals surface area (Å²) in [6.07, 6.45) is 1.14. The molecule has 114 valence electrons. The Morgan fingerprint density at radius 2 is 1.90 bits per heavy atom. The highest BCUT2D eigenvalue weighted by atomic mass is 16.5. The number of hydrogen-bond acceptors (Lipinski definition) is 4. The minimum absolute atomic E-state index is 0.553. The SMILES string of the molecule is CCCNCc1ccc(OC)c(COCCOCC)c1. The first-order valence-corrected chi connectivity index (χ1v) is 7.33. The Kier molecular flexibility index (Phi) is 9.04. The lowest BCUT2D eigenvalue weighted by Crippen LogP contribution is -2.14. The van der Waals surface area contributed by atoms with E-state index in [1.165, 1.54) is 5.56 Å². The van der Waals surface area contributed by atoms with Gasteiger partial charge in [-0.2, -0.15) is 0 Å². The maximum atomic E-state index is 5.62. The van der Waals surface area contributed by atoms with Crippen LogP contribution in [0.4, 0.5) is 0 Å². The molecule has 1 aromatic carbocycles. The van der Waals surface area contributed by atoms with Crippen LogP contribution in [-0.2, 0) is 22.6 Å². The average molecular weight is 281 g/mol. The van der Waals surface area contributed by atoms with Crippen molar-refractivity contribution in [3.63, 3.8) is 0 Å². The van der Waals surface area contributed by atoms with Crippen LogP contribution in [0.15, 0.2) is 18.2 Å². The number of rotatable bonds is 11. The number of methoxy groups -OCH3 is 1. The van der Waals surface area contributed by atoms with Crippen LogP contribution in [0.1, 0.15) is 31.4 Å². The fourth-order valence-electron chi connectivity index (χ4n) is 1.91. The number of nitrogens with one attached hydrogen (secondary N) is 1. The van der Waals surface area contributed by atoms with E-state index in [-0.39, 0.29) is 0 Å². The van der Waals surface area contributed by atoms with E-state index < -0.39 is 0 Å². The molecule has 0 aliphatic carbocycles. The number of ether oxygens (including phenoxy) is 3. The van der Waals surface area contributed by atoms with Gasteiger partial charge < -0.3 is 19.5 Å². The maximum Gasteiger partial charge on any atom is 0.124 e. The summed E-state index contributed by atoms with van der Waals surface area (Å²) in [5, 5.41) is 3.40. The molecule has 0 amide bonds. The fourth-order valence-corrected chi connectivity index (χ4v) is 1.91. The highest BCUT2D eigenvalue weighted by molar-refractivity contribution is 5.36. The fraction of sp³-hybridized carbons (Fsp3) is 0.625. The smallest absolute Gasteiger partial charge is 0.124 e. The Balaban J connectivity index is 2.50. The van der Waals surface area contributed by atoms with Gasteiger partial charge in [-0.3, -0.25) is 0 Å². The molecule has 0 saturated carbocycles. The van der Waals surface area contributed by atoms with Gasteiger partial charge >= 0.3 is 0 Å². The first kappa shape index (κ1) is 17.0. The number of hydrogen-bond donors (Lipinski definition) is 1. The van der Waals surface area contributed by atoms with Gasteiger partial charge in [0.1, 0.15) is 5.75 Å². The van der Waals surface area contributed by atoms with Crippen molar-refractivity contribution >= 4 is 0 Å². The van der Waals surface area contributed by atoms with Gasteiger partial charge in [0.2, 0.25) is 0 Å². The van der Waals surface area contributed by atoms with E-state index >= 15 is 0 Å². The second-order valence-corrected chi connectivity index (χ2v) is 4.57. The van der Waals surface area contributed by atoms with Gasteiger partial charge in [-0.25, -0.2) is 0 Å². The molecule has 0 unspecified atom stereocenters. The molecule has 0 atom stereocenters. The molecule has 0 radical (unpaired) electrons. The van der Waals surface area contributed by atoms with E-state index in [0.29, 0.717) is 19.8 Å². The summed E-state index contributed by atoms with van der Waals surface area (Å²) < 4.78 is 16.2. The molecule has 0 spiro atoms. The van der Waals surface area contributed by atoms with Crippen LogP contribution >= 0.6 is 0 Å². The molecule has 4 nitrogen and oxygen atoms in total. The summed E-state index contributed by atoms with van der Waals surface area (Å²) in [7, 11) is 1.69. The van der Waals surface area contributed by atoms with Crippen molar-refractivity contribution in [2.75, 3.05) is 33.5 Å². The van der Waals surface area contributed by atoms with E-state index in [1.807, 2.05) is 13.0 Å². The molecule has 0 bridgehead atoms. The zero-order chi connectivity index (χ0) is 14.6. The van der Waals surface area contributed by atoms with Crippen LogP contribution in [0.3, 0.4) is 0 Å². The summed E-state index contributed by atoms with van der Waals surface area (Å²) >= 11 is 0. The average Bonchev–Trinajstić information content (AvgIpc) is 2.47. The molecule has 0 saturated heterocycles. The molecule has 1 aromatic rings. The van der Waals surface area contributed by atoms with Gasteiger partial charge in [0, 0.05) is 18.7 Å². The molecule has 4 heteroatoms. The first-order chi connectivity index (χ1) is 9.81. The van der Waals surface area contributed by atoms with E-state index in [9.17, 15) is 0 Å². The Labute approximate surface area is 122 Å².